The van der Waals surface area contributed by atoms with E-state index in [1.54, 1.807) is 0 Å². The van der Waals surface area contributed by atoms with Crippen LogP contribution in [0.15, 0.2) is 42.6 Å². The number of fused-ring (bicyclic) bond motifs is 1. The molecule has 2 rings (SSSR count). The second-order valence-electron chi connectivity index (χ2n) is 2.25. The summed E-state index contributed by atoms with van der Waals surface area (Å²) in [5.41, 5.74) is 1.06. The van der Waals surface area contributed by atoms with Crippen molar-refractivity contribution in [2.75, 3.05) is 0 Å². The minimum atomic E-state index is 0. The molecule has 0 unspecified atom stereocenters. The van der Waals surface area contributed by atoms with Crippen LogP contribution in [-0.4, -0.2) is 22.1 Å². The Labute approximate surface area is 103 Å². The molecule has 74 valence electrons. The molecule has 5 heteroatoms. The first-order chi connectivity index (χ1) is 6.38. The van der Waals surface area contributed by atoms with E-state index in [9.17, 15) is 0 Å². The molecule has 0 N–H and O–H groups in total. The maximum Gasteiger partial charge on any atom is 0.0832 e. The van der Waals surface area contributed by atoms with Gasteiger partial charge in [0.15, 0.2) is 0 Å². The Hall–Kier alpha value is -0.311. The summed E-state index contributed by atoms with van der Waals surface area (Å²) in [5.74, 6) is 0. The van der Waals surface area contributed by atoms with Crippen molar-refractivity contribution in [3.05, 3.63) is 42.6 Å². The van der Waals surface area contributed by atoms with Crippen LogP contribution in [-0.2, 0) is 3.84 Å². The number of hydrogen-bond acceptors (Lipinski definition) is 2. The van der Waals surface area contributed by atoms with Crippen LogP contribution >= 0.6 is 23.7 Å². The van der Waals surface area contributed by atoms with E-state index >= 15 is 0 Å². The van der Waals surface area contributed by atoms with Crippen molar-refractivity contribution in [2.24, 2.45) is 0 Å². The van der Waals surface area contributed by atoms with Crippen LogP contribution in [0.1, 0.15) is 0 Å². The fourth-order valence-corrected chi connectivity index (χ4v) is 1.02. The number of para-hydroxylation sites is 1. The summed E-state index contributed by atoms with van der Waals surface area (Å²) >= 11 is 8.53. The molecule has 0 bridgehead atoms. The van der Waals surface area contributed by atoms with E-state index in [4.69, 9.17) is 0 Å². The van der Waals surface area contributed by atoms with E-state index in [1.807, 2.05) is 30.5 Å². The fourth-order valence-electron chi connectivity index (χ4n) is 1.02. The first kappa shape index (κ1) is 13.7. The summed E-state index contributed by atoms with van der Waals surface area (Å²) in [6, 6.07) is 12.1. The van der Waals surface area contributed by atoms with Crippen molar-refractivity contribution in [2.45, 2.75) is 0 Å². The predicted octanol–water partition coefficient (Wildman–Crippen LogP) is 3.16. The number of pyridine rings is 1. The third kappa shape index (κ3) is 4.27. The number of aromatic nitrogens is 1. The van der Waals surface area contributed by atoms with E-state index < -0.39 is 0 Å². The van der Waals surface area contributed by atoms with Gasteiger partial charge in [0.1, 0.15) is 0 Å². The van der Waals surface area contributed by atoms with E-state index in [1.165, 1.54) is 5.39 Å². The van der Waals surface area contributed by atoms with Crippen molar-refractivity contribution < 1.29 is 3.84 Å². The fraction of sp³-hybridized carbons (Fsp3) is 0. The summed E-state index contributed by atoms with van der Waals surface area (Å²) in [7, 11) is 0. The van der Waals surface area contributed by atoms with Crippen LogP contribution in [0, 0.1) is 0 Å². The molecular formula is C9H7Cl2NOSe. The van der Waals surface area contributed by atoms with Gasteiger partial charge in [-0.2, -0.15) is 3.84 Å². The average molecular weight is 295 g/mol. The SMILES string of the molecule is ClOCl.[Se].c1ccc2ncccc2c1. The molecule has 0 saturated carbocycles. The summed E-state index contributed by atoms with van der Waals surface area (Å²) < 4.78 is 3.19. The minimum absolute atomic E-state index is 0. The molecule has 2 aromatic rings. The van der Waals surface area contributed by atoms with Crippen molar-refractivity contribution in [1.82, 2.24) is 4.98 Å². The Balaban J connectivity index is 0.000000381. The standard InChI is InChI=1S/C9H7N.Cl2O.Se/c1-2-6-9-8(4-1)5-3-7-10-9;1-3-2;/h1-7H;;. The summed E-state index contributed by atoms with van der Waals surface area (Å²) in [4.78, 5) is 4.18. The zero-order valence-corrected chi connectivity index (χ0v) is 10.3. The molecular weight excluding hydrogens is 288 g/mol. The molecule has 0 saturated heterocycles. The number of hydrogen-bond donors (Lipinski definition) is 0. The predicted molar refractivity (Wildman–Crippen MR) is 60.3 cm³/mol. The molecule has 14 heavy (non-hydrogen) atoms. The third-order valence-electron chi connectivity index (χ3n) is 1.51. The summed E-state index contributed by atoms with van der Waals surface area (Å²) in [6.07, 6.45) is 1.81. The topological polar surface area (TPSA) is 22.1 Å². The molecule has 0 atom stereocenters. The quantitative estimate of drug-likeness (QED) is 0.696. The van der Waals surface area contributed by atoms with Crippen LogP contribution in [0.25, 0.3) is 10.9 Å². The van der Waals surface area contributed by atoms with E-state index in [0.29, 0.717) is 0 Å². The van der Waals surface area contributed by atoms with Gasteiger partial charge < -0.3 is 0 Å². The van der Waals surface area contributed by atoms with Crippen molar-refractivity contribution >= 4 is 51.7 Å². The molecule has 0 aliphatic heterocycles. The maximum atomic E-state index is 4.26. The molecule has 0 spiro atoms. The number of rotatable bonds is 0. The van der Waals surface area contributed by atoms with Crippen molar-refractivity contribution in [3.63, 3.8) is 0 Å². The molecule has 2 radical (unpaired) electrons. The summed E-state index contributed by atoms with van der Waals surface area (Å²) in [6.45, 7) is 0. The molecule has 0 aliphatic rings. The normalized spacial score (nSPS) is 8.43. The number of benzene rings is 1. The molecule has 0 amide bonds. The average Bonchev–Trinajstić information content (AvgIpc) is 2.19. The molecule has 0 fully saturated rings. The molecule has 1 heterocycles. The minimum Gasteiger partial charge on any atom is -0.256 e. The van der Waals surface area contributed by atoms with Crippen LogP contribution in [0.3, 0.4) is 0 Å². The van der Waals surface area contributed by atoms with Gasteiger partial charge in [-0.3, -0.25) is 4.98 Å². The van der Waals surface area contributed by atoms with Crippen LogP contribution in [0.4, 0.5) is 0 Å². The Bertz CT molecular complexity index is 307. The Kier molecular flexibility index (Phi) is 7.86. The summed E-state index contributed by atoms with van der Waals surface area (Å²) in [5, 5.41) is 1.20. The molecule has 0 aliphatic carbocycles. The van der Waals surface area contributed by atoms with Gasteiger partial charge in [-0.1, -0.05) is 24.3 Å². The van der Waals surface area contributed by atoms with Crippen LogP contribution in [0.2, 0.25) is 0 Å². The Morgan fingerprint density at radius 2 is 1.57 bits per heavy atom. The molecule has 1 aromatic heterocycles. The monoisotopic (exact) mass is 295 g/mol. The number of nitrogens with zero attached hydrogens (tertiary/aromatic N) is 1. The third-order valence-corrected chi connectivity index (χ3v) is 1.51. The van der Waals surface area contributed by atoms with Gasteiger partial charge in [0, 0.05) is 28.7 Å². The van der Waals surface area contributed by atoms with E-state index in [2.05, 4.69) is 44.7 Å². The Morgan fingerprint density at radius 3 is 2.21 bits per heavy atom. The first-order valence-corrected chi connectivity index (χ1v) is 4.19. The van der Waals surface area contributed by atoms with Crippen molar-refractivity contribution in [3.8, 4) is 0 Å². The molecule has 2 nitrogen and oxygen atoms in total. The van der Waals surface area contributed by atoms with Gasteiger partial charge in [0.2, 0.25) is 0 Å². The second kappa shape index (κ2) is 8.04. The largest absolute Gasteiger partial charge is 0.256 e. The van der Waals surface area contributed by atoms with Gasteiger partial charge in [0.25, 0.3) is 0 Å². The Morgan fingerprint density at radius 1 is 1.00 bits per heavy atom. The van der Waals surface area contributed by atoms with Gasteiger partial charge in [0.05, 0.1) is 29.2 Å². The van der Waals surface area contributed by atoms with Gasteiger partial charge in [-0.15, -0.1) is 0 Å². The van der Waals surface area contributed by atoms with E-state index in [0.717, 1.165) is 5.52 Å². The zero-order chi connectivity index (χ0) is 9.52. The second-order valence-corrected chi connectivity index (χ2v) is 2.72. The van der Waals surface area contributed by atoms with Gasteiger partial charge in [-0.05, 0) is 12.1 Å². The van der Waals surface area contributed by atoms with Crippen molar-refractivity contribution in [1.29, 1.82) is 0 Å². The van der Waals surface area contributed by atoms with Gasteiger partial charge >= 0.3 is 0 Å². The maximum absolute atomic E-state index is 4.26. The zero-order valence-electron chi connectivity index (χ0n) is 7.06. The van der Waals surface area contributed by atoms with Gasteiger partial charge in [-0.25, -0.2) is 0 Å². The van der Waals surface area contributed by atoms with Crippen LogP contribution in [0.5, 0.6) is 0 Å². The van der Waals surface area contributed by atoms with E-state index in [-0.39, 0.29) is 17.1 Å². The van der Waals surface area contributed by atoms with Crippen LogP contribution < -0.4 is 0 Å². The first-order valence-electron chi connectivity index (χ1n) is 3.57. The molecule has 1 aromatic carbocycles. The smallest absolute Gasteiger partial charge is 0.0832 e. The number of halogens is 2.